The van der Waals surface area contributed by atoms with Gasteiger partial charge >= 0.3 is 0 Å². The van der Waals surface area contributed by atoms with Crippen molar-refractivity contribution in [1.29, 1.82) is 0 Å². The lowest BCUT2D eigenvalue weighted by atomic mass is 9.62. The van der Waals surface area contributed by atoms with Crippen LogP contribution in [0.5, 0.6) is 0 Å². The second-order valence-electron chi connectivity index (χ2n) is 8.69. The van der Waals surface area contributed by atoms with Crippen molar-refractivity contribution in [2.75, 3.05) is 20.2 Å². The zero-order chi connectivity index (χ0) is 20.7. The molecule has 3 heterocycles. The number of primary amides is 1. The number of fused-ring (bicyclic) bond motifs is 3. The molecule has 3 atom stereocenters. The number of nitrogens with two attached hydrogens (primary N) is 1. The Hall–Kier alpha value is -2.70. The lowest BCUT2D eigenvalue weighted by Gasteiger charge is -2.55. The number of hydrogen-bond donors (Lipinski definition) is 2. The molecule has 2 aromatic heterocycles. The maximum atomic E-state index is 11.7. The van der Waals surface area contributed by atoms with Crippen LogP contribution in [-0.2, 0) is 16.9 Å². The summed E-state index contributed by atoms with van der Waals surface area (Å²) in [5.74, 6) is 0.231. The summed E-state index contributed by atoms with van der Waals surface area (Å²) in [4.78, 5) is 22.0. The summed E-state index contributed by atoms with van der Waals surface area (Å²) in [7, 11) is 1.81. The van der Waals surface area contributed by atoms with Crippen LogP contribution in [0.4, 0.5) is 0 Å². The van der Waals surface area contributed by atoms with Crippen molar-refractivity contribution in [1.82, 2.24) is 14.9 Å². The lowest BCUT2D eigenvalue weighted by molar-refractivity contribution is -0.170. The molecule has 6 nitrogen and oxygen atoms in total. The van der Waals surface area contributed by atoms with Gasteiger partial charge in [-0.2, -0.15) is 0 Å². The first kappa shape index (κ1) is 19.3. The maximum Gasteiger partial charge on any atom is 0.267 e. The van der Waals surface area contributed by atoms with E-state index in [1.165, 1.54) is 23.0 Å². The number of amides is 1. The monoisotopic (exact) mass is 404 g/mol. The number of methoxy groups -OCH3 is 1. The number of H-pyrrole nitrogens is 1. The minimum absolute atomic E-state index is 0.308. The fourth-order valence-electron chi connectivity index (χ4n) is 5.84. The molecule has 6 heteroatoms. The van der Waals surface area contributed by atoms with E-state index in [-0.39, 0.29) is 5.60 Å². The molecule has 1 aliphatic heterocycles. The van der Waals surface area contributed by atoms with Crippen LogP contribution in [-0.4, -0.2) is 41.0 Å². The number of aromatic amines is 1. The van der Waals surface area contributed by atoms with Crippen LogP contribution >= 0.6 is 0 Å². The van der Waals surface area contributed by atoms with E-state index in [1.807, 2.05) is 19.2 Å². The number of piperidine rings is 1. The summed E-state index contributed by atoms with van der Waals surface area (Å²) >= 11 is 0. The lowest BCUT2D eigenvalue weighted by Crippen LogP contribution is -2.58. The molecule has 1 aromatic carbocycles. The molecule has 3 aromatic rings. The maximum absolute atomic E-state index is 11.7. The summed E-state index contributed by atoms with van der Waals surface area (Å²) in [6, 6.07) is 14.5. The highest BCUT2D eigenvalue weighted by atomic mass is 16.5. The predicted molar refractivity (Wildman–Crippen MR) is 116 cm³/mol. The van der Waals surface area contributed by atoms with Crippen LogP contribution in [0.15, 0.2) is 48.7 Å². The number of nitrogens with one attached hydrogen (secondary N) is 1. The average Bonchev–Trinajstić information content (AvgIpc) is 3.15. The molecule has 1 amide bonds. The van der Waals surface area contributed by atoms with Gasteiger partial charge in [-0.25, -0.2) is 0 Å². The number of carbonyl (C=O) groups excluding carboxylic acids is 1. The van der Waals surface area contributed by atoms with E-state index in [0.717, 1.165) is 38.0 Å². The molecule has 2 aliphatic rings. The molecule has 2 bridgehead atoms. The fraction of sp³-hybridized carbons (Fsp3) is 0.417. The summed E-state index contributed by atoms with van der Waals surface area (Å²) < 4.78 is 6.30. The van der Waals surface area contributed by atoms with Crippen molar-refractivity contribution in [3.05, 3.63) is 65.6 Å². The molecule has 5 rings (SSSR count). The highest BCUT2D eigenvalue weighted by Crippen LogP contribution is 2.51. The number of likely N-dealkylation sites (tertiary alicyclic amines) is 1. The van der Waals surface area contributed by atoms with Crippen LogP contribution in [0.2, 0.25) is 0 Å². The van der Waals surface area contributed by atoms with Crippen molar-refractivity contribution in [2.24, 2.45) is 17.6 Å². The number of rotatable bonds is 5. The molecular formula is C24H28N4O2. The Balaban J connectivity index is 1.44. The molecule has 0 unspecified atom stereocenters. The van der Waals surface area contributed by atoms with E-state index in [4.69, 9.17) is 10.5 Å². The van der Waals surface area contributed by atoms with Gasteiger partial charge in [0.2, 0.25) is 0 Å². The van der Waals surface area contributed by atoms with Gasteiger partial charge in [0.1, 0.15) is 11.3 Å². The topological polar surface area (TPSA) is 84.2 Å². The third-order valence-electron chi connectivity index (χ3n) is 7.06. The van der Waals surface area contributed by atoms with Crippen LogP contribution in [0.3, 0.4) is 0 Å². The van der Waals surface area contributed by atoms with Crippen molar-refractivity contribution < 1.29 is 9.53 Å². The first-order chi connectivity index (χ1) is 14.6. The van der Waals surface area contributed by atoms with Gasteiger partial charge in [-0.3, -0.25) is 14.7 Å². The number of carbonyl (C=O) groups is 1. The van der Waals surface area contributed by atoms with Crippen LogP contribution in [0, 0.1) is 11.8 Å². The van der Waals surface area contributed by atoms with E-state index >= 15 is 0 Å². The SMILES string of the molecule is CO[C@@]1(c2ccnc(C(N)=O)c2)[C@@H]2CCC[C@H]1CN(Cc1cc3ccccc3[nH]1)C2. The summed E-state index contributed by atoms with van der Waals surface area (Å²) in [6.07, 6.45) is 5.13. The van der Waals surface area contributed by atoms with E-state index < -0.39 is 5.91 Å². The Morgan fingerprint density at radius 1 is 1.23 bits per heavy atom. The predicted octanol–water partition coefficient (Wildman–Crippen LogP) is 3.44. The molecular weight excluding hydrogens is 376 g/mol. The van der Waals surface area contributed by atoms with Gasteiger partial charge in [0, 0.05) is 56.0 Å². The third kappa shape index (κ3) is 3.11. The van der Waals surface area contributed by atoms with Crippen molar-refractivity contribution in [3.8, 4) is 0 Å². The minimum Gasteiger partial charge on any atom is -0.373 e. The number of benzene rings is 1. The first-order valence-electron chi connectivity index (χ1n) is 10.7. The van der Waals surface area contributed by atoms with E-state index in [1.54, 1.807) is 6.20 Å². The van der Waals surface area contributed by atoms with Gasteiger partial charge in [-0.05, 0) is 48.1 Å². The second kappa shape index (κ2) is 7.52. The quantitative estimate of drug-likeness (QED) is 0.682. The highest BCUT2D eigenvalue weighted by Gasteiger charge is 2.53. The summed E-state index contributed by atoms with van der Waals surface area (Å²) in [6.45, 7) is 2.84. The van der Waals surface area contributed by atoms with Gasteiger partial charge in [0.05, 0.1) is 0 Å². The fourth-order valence-corrected chi connectivity index (χ4v) is 5.84. The molecule has 0 spiro atoms. The zero-order valence-electron chi connectivity index (χ0n) is 17.3. The molecule has 3 N–H and O–H groups in total. The number of nitrogens with zero attached hydrogens (tertiary/aromatic N) is 2. The van der Waals surface area contributed by atoms with Crippen molar-refractivity contribution in [2.45, 2.75) is 31.4 Å². The second-order valence-corrected chi connectivity index (χ2v) is 8.69. The Morgan fingerprint density at radius 2 is 2.00 bits per heavy atom. The summed E-state index contributed by atoms with van der Waals surface area (Å²) in [5.41, 5.74) is 8.89. The van der Waals surface area contributed by atoms with Gasteiger partial charge in [0.25, 0.3) is 5.91 Å². The molecule has 1 saturated heterocycles. The van der Waals surface area contributed by atoms with E-state index in [2.05, 4.69) is 45.2 Å². The molecule has 30 heavy (non-hydrogen) atoms. The number of aromatic nitrogens is 2. The molecule has 156 valence electrons. The van der Waals surface area contributed by atoms with E-state index in [9.17, 15) is 4.79 Å². The average molecular weight is 405 g/mol. The first-order valence-corrected chi connectivity index (χ1v) is 10.7. The van der Waals surface area contributed by atoms with Gasteiger partial charge in [-0.1, -0.05) is 24.6 Å². The van der Waals surface area contributed by atoms with E-state index in [0.29, 0.717) is 17.5 Å². The number of hydrogen-bond acceptors (Lipinski definition) is 4. The van der Waals surface area contributed by atoms with Crippen molar-refractivity contribution >= 4 is 16.8 Å². The Bertz CT molecular complexity index is 1030. The normalized spacial score (nSPS) is 26.7. The summed E-state index contributed by atoms with van der Waals surface area (Å²) in [5, 5.41) is 1.26. The molecule has 1 saturated carbocycles. The van der Waals surface area contributed by atoms with Gasteiger partial charge in [0.15, 0.2) is 0 Å². The Morgan fingerprint density at radius 3 is 2.70 bits per heavy atom. The Labute approximate surface area is 176 Å². The van der Waals surface area contributed by atoms with Crippen LogP contribution in [0.1, 0.15) is 41.0 Å². The highest BCUT2D eigenvalue weighted by molar-refractivity contribution is 5.90. The Kier molecular flexibility index (Phi) is 4.83. The van der Waals surface area contributed by atoms with Gasteiger partial charge in [-0.15, -0.1) is 0 Å². The minimum atomic E-state index is -0.496. The zero-order valence-corrected chi connectivity index (χ0v) is 17.3. The van der Waals surface area contributed by atoms with Gasteiger partial charge < -0.3 is 15.5 Å². The van der Waals surface area contributed by atoms with Crippen LogP contribution in [0.25, 0.3) is 10.9 Å². The third-order valence-corrected chi connectivity index (χ3v) is 7.06. The standard InChI is InChI=1S/C24H28N4O2/c1-30-24(17-9-10-26-22(12-17)23(25)29)18-6-4-7-19(24)14-28(13-18)15-20-11-16-5-2-3-8-21(16)27-20/h2-3,5,8-12,18-19,27H,4,6-7,13-15H2,1H3,(H2,25,29)/t18-,19+,24+. The van der Waals surface area contributed by atoms with Crippen molar-refractivity contribution in [3.63, 3.8) is 0 Å². The number of para-hydroxylation sites is 1. The molecule has 0 radical (unpaired) electrons. The number of pyridine rings is 1. The number of ether oxygens (including phenoxy) is 1. The molecule has 2 fully saturated rings. The van der Waals surface area contributed by atoms with Crippen LogP contribution < -0.4 is 5.73 Å². The largest absolute Gasteiger partial charge is 0.373 e. The smallest absolute Gasteiger partial charge is 0.267 e. The molecule has 1 aliphatic carbocycles.